The van der Waals surface area contributed by atoms with Crippen LogP contribution in [0, 0.1) is 30.9 Å². The lowest BCUT2D eigenvalue weighted by atomic mass is 10.1. The molecule has 0 N–H and O–H groups in total. The number of aromatic nitrogens is 1. The Morgan fingerprint density at radius 2 is 1.85 bits per heavy atom. The first-order valence-corrected chi connectivity index (χ1v) is 8.68. The summed E-state index contributed by atoms with van der Waals surface area (Å²) in [5, 5.41) is 10.7. The van der Waals surface area contributed by atoms with E-state index >= 15 is 0 Å². The number of aryl methyl sites for hydroxylation is 2. The number of thioether (sulfide) groups is 1. The molecule has 134 valence electrons. The van der Waals surface area contributed by atoms with E-state index in [1.807, 2.05) is 31.4 Å². The molecular weight excluding hydrogens is 354 g/mol. The highest BCUT2D eigenvalue weighted by Gasteiger charge is 2.32. The Hall–Kier alpha value is -2.87. The average molecular weight is 371 g/mol. The van der Waals surface area contributed by atoms with Crippen LogP contribution in [0.25, 0.3) is 11.8 Å². The first-order chi connectivity index (χ1) is 12.2. The van der Waals surface area contributed by atoms with Gasteiger partial charge in [-0.25, -0.2) is 0 Å². The van der Waals surface area contributed by atoms with E-state index in [-0.39, 0.29) is 16.8 Å². The molecule has 1 aliphatic heterocycles. The molecule has 8 heteroatoms. The summed E-state index contributed by atoms with van der Waals surface area (Å²) in [6.45, 7) is 5.66. The molecule has 0 saturated carbocycles. The van der Waals surface area contributed by atoms with Gasteiger partial charge in [0.15, 0.2) is 0 Å². The van der Waals surface area contributed by atoms with Crippen molar-refractivity contribution in [3.63, 3.8) is 0 Å². The summed E-state index contributed by atoms with van der Waals surface area (Å²) in [5.74, 6) is -0.309. The molecule has 1 aromatic heterocycles. The van der Waals surface area contributed by atoms with Crippen molar-refractivity contribution >= 4 is 34.7 Å². The minimum absolute atomic E-state index is 0.0468. The number of carbonyl (C=O) groups excluding carboxylic acids is 2. The van der Waals surface area contributed by atoms with Gasteiger partial charge < -0.3 is 4.57 Å². The molecule has 1 aliphatic rings. The molecule has 1 saturated heterocycles. The number of carbonyl (C=O) groups is 2. The summed E-state index contributed by atoms with van der Waals surface area (Å²) in [6, 6.07) is 6.66. The topological polar surface area (TPSA) is 85.4 Å². The molecule has 2 aromatic rings. The van der Waals surface area contributed by atoms with Crippen molar-refractivity contribution in [2.24, 2.45) is 0 Å². The molecule has 26 heavy (non-hydrogen) atoms. The van der Waals surface area contributed by atoms with Crippen LogP contribution in [0.1, 0.15) is 22.5 Å². The molecule has 2 amide bonds. The third-order valence-corrected chi connectivity index (χ3v) is 5.34. The van der Waals surface area contributed by atoms with Gasteiger partial charge in [0.2, 0.25) is 0 Å². The lowest BCUT2D eigenvalue weighted by Gasteiger charge is -2.12. The van der Waals surface area contributed by atoms with Crippen LogP contribution >= 0.6 is 11.8 Å². The number of rotatable bonds is 3. The fourth-order valence-corrected chi connectivity index (χ4v) is 3.81. The zero-order chi connectivity index (χ0) is 19.2. The molecule has 7 nitrogen and oxygen atoms in total. The van der Waals surface area contributed by atoms with E-state index in [2.05, 4.69) is 0 Å². The molecule has 1 aromatic carbocycles. The third kappa shape index (κ3) is 2.92. The van der Waals surface area contributed by atoms with Gasteiger partial charge in [-0.15, -0.1) is 0 Å². The largest absolute Gasteiger partial charge is 0.318 e. The van der Waals surface area contributed by atoms with Gasteiger partial charge in [-0.05, 0) is 61.9 Å². The third-order valence-electron chi connectivity index (χ3n) is 4.38. The van der Waals surface area contributed by atoms with Crippen molar-refractivity contribution in [3.8, 4) is 5.69 Å². The van der Waals surface area contributed by atoms with Crippen molar-refractivity contribution < 1.29 is 14.5 Å². The van der Waals surface area contributed by atoms with E-state index in [9.17, 15) is 19.7 Å². The van der Waals surface area contributed by atoms with Crippen LogP contribution in [0.4, 0.5) is 10.5 Å². The number of amides is 2. The Labute approximate surface area is 154 Å². The monoisotopic (exact) mass is 371 g/mol. The zero-order valence-electron chi connectivity index (χ0n) is 14.8. The zero-order valence-corrected chi connectivity index (χ0v) is 15.6. The number of hydrogen-bond donors (Lipinski definition) is 0. The van der Waals surface area contributed by atoms with Crippen LogP contribution in [0.2, 0.25) is 0 Å². The summed E-state index contributed by atoms with van der Waals surface area (Å²) in [4.78, 5) is 35.8. The lowest BCUT2D eigenvalue weighted by molar-refractivity contribution is -0.384. The second kappa shape index (κ2) is 6.45. The molecule has 2 heterocycles. The van der Waals surface area contributed by atoms with Crippen LogP contribution in [0.15, 0.2) is 29.2 Å². The number of non-ortho nitro benzene ring substituents is 1. The van der Waals surface area contributed by atoms with Gasteiger partial charge in [-0.1, -0.05) is 0 Å². The summed E-state index contributed by atoms with van der Waals surface area (Å²) < 4.78 is 1.99. The fraction of sp³-hybridized carbons (Fsp3) is 0.222. The van der Waals surface area contributed by atoms with E-state index in [4.69, 9.17) is 0 Å². The van der Waals surface area contributed by atoms with Crippen molar-refractivity contribution in [2.75, 3.05) is 7.05 Å². The Morgan fingerprint density at radius 3 is 2.38 bits per heavy atom. The highest BCUT2D eigenvalue weighted by molar-refractivity contribution is 8.18. The van der Waals surface area contributed by atoms with Crippen molar-refractivity contribution in [1.82, 2.24) is 9.47 Å². The van der Waals surface area contributed by atoms with Crippen molar-refractivity contribution in [1.29, 1.82) is 0 Å². The first-order valence-electron chi connectivity index (χ1n) is 7.86. The fourth-order valence-electron chi connectivity index (χ4n) is 3.00. The minimum atomic E-state index is -0.418. The predicted octanol–water partition coefficient (Wildman–Crippen LogP) is 3.98. The Balaban J connectivity index is 2.06. The van der Waals surface area contributed by atoms with Gasteiger partial charge in [0.05, 0.1) is 9.83 Å². The van der Waals surface area contributed by atoms with Crippen LogP contribution in [-0.4, -0.2) is 32.6 Å². The van der Waals surface area contributed by atoms with Crippen LogP contribution in [0.3, 0.4) is 0 Å². The van der Waals surface area contributed by atoms with E-state index in [1.54, 1.807) is 12.1 Å². The van der Waals surface area contributed by atoms with Gasteiger partial charge in [0.1, 0.15) is 0 Å². The van der Waals surface area contributed by atoms with Gasteiger partial charge in [-0.2, -0.15) is 0 Å². The molecule has 0 bridgehead atoms. The maximum absolute atomic E-state index is 12.1. The first kappa shape index (κ1) is 17.9. The van der Waals surface area contributed by atoms with E-state index in [0.717, 1.165) is 44.9 Å². The van der Waals surface area contributed by atoms with E-state index < -0.39 is 4.92 Å². The Kier molecular flexibility index (Phi) is 4.45. The Bertz CT molecular complexity index is 991. The SMILES string of the molecule is Cc1cc([N+](=O)[O-])ccc1-n1c(C)cc(/C=C2\SC(=O)N(C)C2=O)c1C. The second-order valence-electron chi connectivity index (χ2n) is 6.13. The van der Waals surface area contributed by atoms with Crippen molar-refractivity contribution in [3.05, 3.63) is 61.8 Å². The summed E-state index contributed by atoms with van der Waals surface area (Å²) >= 11 is 0.919. The van der Waals surface area contributed by atoms with Crippen LogP contribution < -0.4 is 0 Å². The standard InChI is InChI=1S/C18H17N3O4S/c1-10-7-14(21(24)25)5-6-15(10)20-11(2)8-13(12(20)3)9-16-17(22)19(4)18(23)26-16/h5-9H,1-4H3/b16-9-. The molecule has 0 radical (unpaired) electrons. The van der Waals surface area contributed by atoms with Gasteiger partial charge in [-0.3, -0.25) is 24.6 Å². The number of likely N-dealkylation sites (N-methyl/N-ethyl adjacent to an activating group) is 1. The van der Waals surface area contributed by atoms with Crippen LogP contribution in [0.5, 0.6) is 0 Å². The molecule has 0 unspecified atom stereocenters. The quantitative estimate of drug-likeness (QED) is 0.463. The summed E-state index contributed by atoms with van der Waals surface area (Å²) in [7, 11) is 1.46. The second-order valence-corrected chi connectivity index (χ2v) is 7.12. The number of nitro groups is 1. The smallest absolute Gasteiger partial charge is 0.293 e. The highest BCUT2D eigenvalue weighted by atomic mass is 32.2. The van der Waals surface area contributed by atoms with Gasteiger partial charge >= 0.3 is 0 Å². The van der Waals surface area contributed by atoms with Gasteiger partial charge in [0.25, 0.3) is 16.8 Å². The number of benzene rings is 1. The van der Waals surface area contributed by atoms with E-state index in [1.165, 1.54) is 19.2 Å². The molecule has 0 spiro atoms. The molecule has 0 aliphatic carbocycles. The number of hydrogen-bond acceptors (Lipinski definition) is 5. The maximum Gasteiger partial charge on any atom is 0.293 e. The number of nitro benzene ring substituents is 1. The van der Waals surface area contributed by atoms with Gasteiger partial charge in [0, 0.05) is 36.3 Å². The van der Waals surface area contributed by atoms with E-state index in [0.29, 0.717) is 4.91 Å². The molecule has 3 rings (SSSR count). The van der Waals surface area contributed by atoms with Crippen molar-refractivity contribution in [2.45, 2.75) is 20.8 Å². The highest BCUT2D eigenvalue weighted by Crippen LogP contribution is 2.33. The number of nitrogens with zero attached hydrogens (tertiary/aromatic N) is 3. The molecule has 0 atom stereocenters. The normalized spacial score (nSPS) is 16.0. The summed E-state index contributed by atoms with van der Waals surface area (Å²) in [6.07, 6.45) is 1.72. The van der Waals surface area contributed by atoms with Crippen LogP contribution in [-0.2, 0) is 4.79 Å². The molecular formula is C18H17N3O4S. The average Bonchev–Trinajstić information content (AvgIpc) is 2.98. The minimum Gasteiger partial charge on any atom is -0.318 e. The summed E-state index contributed by atoms with van der Waals surface area (Å²) in [5.41, 5.74) is 4.32. The lowest BCUT2D eigenvalue weighted by Crippen LogP contribution is -2.22. The maximum atomic E-state index is 12.1. The predicted molar refractivity (Wildman–Crippen MR) is 100 cm³/mol. The Morgan fingerprint density at radius 1 is 1.15 bits per heavy atom. The number of imide groups is 1. The molecule has 1 fully saturated rings.